The van der Waals surface area contributed by atoms with E-state index in [1.54, 1.807) is 0 Å². The Labute approximate surface area is 99.3 Å². The van der Waals surface area contributed by atoms with Gasteiger partial charge in [-0.05, 0) is 13.8 Å². The van der Waals surface area contributed by atoms with Crippen LogP contribution in [-0.2, 0) is 5.60 Å². The van der Waals surface area contributed by atoms with Crippen LogP contribution in [0.15, 0.2) is 21.4 Å². The first-order valence-electron chi connectivity index (χ1n) is 4.89. The van der Waals surface area contributed by atoms with Crippen LogP contribution in [-0.4, -0.2) is 21.3 Å². The van der Waals surface area contributed by atoms with E-state index >= 15 is 0 Å². The van der Waals surface area contributed by atoms with E-state index in [0.29, 0.717) is 0 Å². The first kappa shape index (κ1) is 12.6. The monoisotopic (exact) mass is 262 g/mol. The van der Waals surface area contributed by atoms with Gasteiger partial charge in [-0.25, -0.2) is 9.97 Å². The van der Waals surface area contributed by atoms with Gasteiger partial charge in [0.2, 0.25) is 11.8 Å². The predicted molar refractivity (Wildman–Crippen MR) is 51.5 cm³/mol. The van der Waals surface area contributed by atoms with Crippen LogP contribution in [0.2, 0.25) is 0 Å². The van der Waals surface area contributed by atoms with Gasteiger partial charge in [-0.3, -0.25) is 0 Å². The Balaban J connectivity index is 2.62. The molecular formula is C10H9F3N2O3. The van der Waals surface area contributed by atoms with Gasteiger partial charge in [0.25, 0.3) is 0 Å². The van der Waals surface area contributed by atoms with Crippen LogP contribution in [0, 0.1) is 13.8 Å². The van der Waals surface area contributed by atoms with Crippen molar-refractivity contribution >= 4 is 0 Å². The summed E-state index contributed by atoms with van der Waals surface area (Å²) in [6, 6.07) is 0. The van der Waals surface area contributed by atoms with Crippen molar-refractivity contribution in [3.63, 3.8) is 0 Å². The van der Waals surface area contributed by atoms with Gasteiger partial charge < -0.3 is 13.9 Å². The molecule has 2 aromatic heterocycles. The van der Waals surface area contributed by atoms with Gasteiger partial charge in [-0.1, -0.05) is 0 Å². The standard InChI is InChI=1S/C10H9F3N2O3/c1-5-3-17-7(14-5)9(16,10(11,12)13)8-15-6(2)4-18-8/h3-4,16H,1-2H3. The molecule has 0 saturated carbocycles. The van der Waals surface area contributed by atoms with Crippen molar-refractivity contribution in [2.24, 2.45) is 0 Å². The average molecular weight is 262 g/mol. The number of halogens is 3. The molecule has 8 heteroatoms. The highest BCUT2D eigenvalue weighted by molar-refractivity contribution is 5.18. The van der Waals surface area contributed by atoms with E-state index in [0.717, 1.165) is 12.5 Å². The molecule has 0 aliphatic heterocycles. The summed E-state index contributed by atoms with van der Waals surface area (Å²) in [5.41, 5.74) is -3.08. The first-order valence-corrected chi connectivity index (χ1v) is 4.89. The van der Waals surface area contributed by atoms with Gasteiger partial charge in [-0.15, -0.1) is 0 Å². The van der Waals surface area contributed by atoms with E-state index in [1.807, 2.05) is 0 Å². The largest absolute Gasteiger partial charge is 0.445 e. The summed E-state index contributed by atoms with van der Waals surface area (Å²) in [6.07, 6.45) is -3.06. The highest BCUT2D eigenvalue weighted by Crippen LogP contribution is 2.43. The molecule has 0 spiro atoms. The zero-order chi connectivity index (χ0) is 13.6. The lowest BCUT2D eigenvalue weighted by Gasteiger charge is -2.23. The summed E-state index contributed by atoms with van der Waals surface area (Å²) in [7, 11) is 0. The van der Waals surface area contributed by atoms with Gasteiger partial charge in [0.05, 0.1) is 11.4 Å². The van der Waals surface area contributed by atoms with Crippen molar-refractivity contribution in [3.8, 4) is 0 Å². The Morgan fingerprint density at radius 2 is 1.39 bits per heavy atom. The van der Waals surface area contributed by atoms with Gasteiger partial charge in [-0.2, -0.15) is 13.2 Å². The van der Waals surface area contributed by atoms with Gasteiger partial charge in [0, 0.05) is 0 Å². The molecule has 2 heterocycles. The molecule has 0 fully saturated rings. The molecule has 5 nitrogen and oxygen atoms in total. The van der Waals surface area contributed by atoms with Crippen molar-refractivity contribution in [2.75, 3.05) is 0 Å². The Morgan fingerprint density at radius 3 is 1.61 bits per heavy atom. The quantitative estimate of drug-likeness (QED) is 0.897. The molecule has 0 saturated heterocycles. The summed E-state index contributed by atoms with van der Waals surface area (Å²) < 4.78 is 48.4. The molecular weight excluding hydrogens is 253 g/mol. The SMILES string of the molecule is Cc1coc(C(O)(c2nc(C)co2)C(F)(F)F)n1. The van der Waals surface area contributed by atoms with Crippen molar-refractivity contribution < 1.29 is 27.1 Å². The maximum Gasteiger partial charge on any atom is 0.435 e. The lowest BCUT2D eigenvalue weighted by atomic mass is 10.0. The molecule has 0 aliphatic carbocycles. The third-order valence-corrected chi connectivity index (χ3v) is 2.27. The summed E-state index contributed by atoms with van der Waals surface area (Å²) in [6.45, 7) is 2.87. The van der Waals surface area contributed by atoms with E-state index in [2.05, 4.69) is 18.8 Å². The number of aromatic nitrogens is 2. The molecule has 2 aromatic rings. The Bertz CT molecular complexity index is 518. The molecule has 18 heavy (non-hydrogen) atoms. The fourth-order valence-corrected chi connectivity index (χ4v) is 1.37. The molecule has 0 bridgehead atoms. The maximum atomic E-state index is 13.0. The summed E-state index contributed by atoms with van der Waals surface area (Å²) in [4.78, 5) is 7.00. The second kappa shape index (κ2) is 3.84. The summed E-state index contributed by atoms with van der Waals surface area (Å²) >= 11 is 0. The number of nitrogens with zero attached hydrogens (tertiary/aromatic N) is 2. The topological polar surface area (TPSA) is 72.3 Å². The van der Waals surface area contributed by atoms with E-state index in [-0.39, 0.29) is 11.4 Å². The lowest BCUT2D eigenvalue weighted by molar-refractivity contribution is -0.263. The molecule has 0 atom stereocenters. The van der Waals surface area contributed by atoms with E-state index in [1.165, 1.54) is 13.8 Å². The van der Waals surface area contributed by atoms with Crippen molar-refractivity contribution in [3.05, 3.63) is 35.7 Å². The number of alkyl halides is 3. The Kier molecular flexibility index (Phi) is 2.69. The lowest BCUT2D eigenvalue weighted by Crippen LogP contribution is -2.44. The van der Waals surface area contributed by atoms with Crippen LogP contribution in [0.3, 0.4) is 0 Å². The van der Waals surface area contributed by atoms with Crippen LogP contribution in [0.4, 0.5) is 13.2 Å². The number of aliphatic hydroxyl groups is 1. The number of hydrogen-bond acceptors (Lipinski definition) is 5. The molecule has 1 N–H and O–H groups in total. The highest BCUT2D eigenvalue weighted by atomic mass is 19.4. The van der Waals surface area contributed by atoms with Crippen molar-refractivity contribution in [1.29, 1.82) is 0 Å². The van der Waals surface area contributed by atoms with Gasteiger partial charge >= 0.3 is 11.8 Å². The molecule has 2 rings (SSSR count). The molecule has 0 unspecified atom stereocenters. The molecule has 98 valence electrons. The van der Waals surface area contributed by atoms with Crippen LogP contribution in [0.25, 0.3) is 0 Å². The Morgan fingerprint density at radius 1 is 1.00 bits per heavy atom. The second-order valence-corrected chi connectivity index (χ2v) is 3.80. The second-order valence-electron chi connectivity index (χ2n) is 3.80. The fourth-order valence-electron chi connectivity index (χ4n) is 1.37. The highest BCUT2D eigenvalue weighted by Gasteiger charge is 2.63. The summed E-state index contributed by atoms with van der Waals surface area (Å²) in [5.74, 6) is -1.84. The van der Waals surface area contributed by atoms with Crippen LogP contribution < -0.4 is 0 Å². The third kappa shape index (κ3) is 1.78. The first-order chi connectivity index (χ1) is 8.25. The van der Waals surface area contributed by atoms with E-state index in [4.69, 9.17) is 0 Å². The summed E-state index contributed by atoms with van der Waals surface area (Å²) in [5, 5.41) is 9.88. The number of rotatable bonds is 2. The fraction of sp³-hybridized carbons (Fsp3) is 0.400. The van der Waals surface area contributed by atoms with Gasteiger partial charge in [0.1, 0.15) is 12.5 Å². The molecule has 0 radical (unpaired) electrons. The van der Waals surface area contributed by atoms with E-state index in [9.17, 15) is 18.3 Å². The van der Waals surface area contributed by atoms with E-state index < -0.39 is 23.6 Å². The minimum Gasteiger partial charge on any atom is -0.445 e. The zero-order valence-corrected chi connectivity index (χ0v) is 9.45. The molecule has 0 aliphatic rings. The number of aryl methyl sites for hydroxylation is 2. The Hall–Kier alpha value is -1.83. The minimum atomic E-state index is -5.07. The smallest absolute Gasteiger partial charge is 0.435 e. The van der Waals surface area contributed by atoms with Crippen LogP contribution >= 0.6 is 0 Å². The van der Waals surface area contributed by atoms with Crippen LogP contribution in [0.5, 0.6) is 0 Å². The average Bonchev–Trinajstić information content (AvgIpc) is 2.84. The number of oxazole rings is 2. The zero-order valence-electron chi connectivity index (χ0n) is 9.45. The normalized spacial score (nSPS) is 13.0. The van der Waals surface area contributed by atoms with Gasteiger partial charge in [0.15, 0.2) is 0 Å². The number of hydrogen-bond donors (Lipinski definition) is 1. The van der Waals surface area contributed by atoms with Crippen molar-refractivity contribution in [1.82, 2.24) is 9.97 Å². The minimum absolute atomic E-state index is 0.205. The maximum absolute atomic E-state index is 13.0. The van der Waals surface area contributed by atoms with Crippen molar-refractivity contribution in [2.45, 2.75) is 25.6 Å². The third-order valence-electron chi connectivity index (χ3n) is 2.27. The molecule has 0 aromatic carbocycles. The van der Waals surface area contributed by atoms with Crippen LogP contribution in [0.1, 0.15) is 23.2 Å². The molecule has 0 amide bonds. The predicted octanol–water partition coefficient (Wildman–Crippen LogP) is 2.08.